The van der Waals surface area contributed by atoms with Crippen LogP contribution in [-0.2, 0) is 9.59 Å². The normalized spacial score (nSPS) is 22.4. The monoisotopic (exact) mass is 224 g/mol. The molecular formula is C11H16N2O3. The molecule has 1 fully saturated rings. The number of amides is 1. The number of nitrogens with one attached hydrogen (secondary N) is 1. The Labute approximate surface area is 94.8 Å². The Kier molecular flexibility index (Phi) is 4.32. The third-order valence-electron chi connectivity index (χ3n) is 2.86. The Hall–Kier alpha value is -1.54. The molecule has 16 heavy (non-hydrogen) atoms. The molecule has 0 radical (unpaired) electrons. The van der Waals surface area contributed by atoms with Crippen LogP contribution in [0.25, 0.3) is 0 Å². The van der Waals surface area contributed by atoms with Crippen molar-refractivity contribution in [2.45, 2.75) is 19.4 Å². The SMILES string of the molecule is C#CCNC(=O)C(C)N1CCC(C(=O)O)C1. The van der Waals surface area contributed by atoms with Gasteiger partial charge in [-0.15, -0.1) is 6.42 Å². The summed E-state index contributed by atoms with van der Waals surface area (Å²) in [5.41, 5.74) is 0. The van der Waals surface area contributed by atoms with E-state index < -0.39 is 5.97 Å². The average molecular weight is 224 g/mol. The fourth-order valence-corrected chi connectivity index (χ4v) is 1.79. The first-order chi connectivity index (χ1) is 7.56. The van der Waals surface area contributed by atoms with Crippen LogP contribution in [0.3, 0.4) is 0 Å². The van der Waals surface area contributed by atoms with Gasteiger partial charge in [-0.1, -0.05) is 5.92 Å². The number of rotatable bonds is 4. The number of nitrogens with zero attached hydrogens (tertiary/aromatic N) is 1. The largest absolute Gasteiger partial charge is 0.481 e. The fourth-order valence-electron chi connectivity index (χ4n) is 1.79. The van der Waals surface area contributed by atoms with Crippen molar-refractivity contribution in [3.05, 3.63) is 0 Å². The minimum atomic E-state index is -0.793. The van der Waals surface area contributed by atoms with Gasteiger partial charge in [0.2, 0.25) is 5.91 Å². The van der Waals surface area contributed by atoms with Gasteiger partial charge in [0, 0.05) is 6.54 Å². The molecule has 0 saturated carbocycles. The summed E-state index contributed by atoms with van der Waals surface area (Å²) in [6.07, 6.45) is 5.64. The van der Waals surface area contributed by atoms with Crippen molar-refractivity contribution >= 4 is 11.9 Å². The van der Waals surface area contributed by atoms with E-state index in [-0.39, 0.29) is 24.4 Å². The van der Waals surface area contributed by atoms with Crippen molar-refractivity contribution < 1.29 is 14.7 Å². The van der Waals surface area contributed by atoms with Crippen LogP contribution in [-0.4, -0.2) is 47.6 Å². The maximum absolute atomic E-state index is 11.6. The molecule has 0 aromatic rings. The molecular weight excluding hydrogens is 208 g/mol. The first kappa shape index (κ1) is 12.5. The van der Waals surface area contributed by atoms with E-state index in [1.54, 1.807) is 6.92 Å². The Balaban J connectivity index is 2.44. The lowest BCUT2D eigenvalue weighted by molar-refractivity contribution is -0.141. The number of carboxylic acids is 1. The van der Waals surface area contributed by atoms with Gasteiger partial charge in [0.25, 0.3) is 0 Å². The summed E-state index contributed by atoms with van der Waals surface area (Å²) >= 11 is 0. The summed E-state index contributed by atoms with van der Waals surface area (Å²) in [6.45, 7) is 3.04. The maximum atomic E-state index is 11.6. The summed E-state index contributed by atoms with van der Waals surface area (Å²) in [5.74, 6) is 1.03. The highest BCUT2D eigenvalue weighted by molar-refractivity contribution is 5.81. The van der Waals surface area contributed by atoms with E-state index >= 15 is 0 Å². The van der Waals surface area contributed by atoms with Gasteiger partial charge in [0.1, 0.15) is 0 Å². The number of likely N-dealkylation sites (tertiary alicyclic amines) is 1. The van der Waals surface area contributed by atoms with Gasteiger partial charge in [-0.2, -0.15) is 0 Å². The fraction of sp³-hybridized carbons (Fsp3) is 0.636. The van der Waals surface area contributed by atoms with Crippen LogP contribution in [0.15, 0.2) is 0 Å². The highest BCUT2D eigenvalue weighted by Crippen LogP contribution is 2.18. The Morgan fingerprint density at radius 3 is 2.88 bits per heavy atom. The second kappa shape index (κ2) is 5.52. The van der Waals surface area contributed by atoms with E-state index in [4.69, 9.17) is 11.5 Å². The summed E-state index contributed by atoms with van der Waals surface area (Å²) in [4.78, 5) is 24.2. The van der Waals surface area contributed by atoms with Gasteiger partial charge in [-0.05, 0) is 19.9 Å². The molecule has 1 amide bonds. The molecule has 1 rings (SSSR count). The van der Waals surface area contributed by atoms with Crippen molar-refractivity contribution in [1.29, 1.82) is 0 Å². The molecule has 0 spiro atoms. The van der Waals surface area contributed by atoms with Crippen molar-refractivity contribution in [1.82, 2.24) is 10.2 Å². The van der Waals surface area contributed by atoms with E-state index in [1.165, 1.54) is 0 Å². The molecule has 1 saturated heterocycles. The molecule has 2 unspecified atom stereocenters. The number of carboxylic acid groups (broad SMARTS) is 1. The van der Waals surface area contributed by atoms with Crippen molar-refractivity contribution in [3.63, 3.8) is 0 Å². The third kappa shape index (κ3) is 2.97. The molecule has 1 heterocycles. The lowest BCUT2D eigenvalue weighted by atomic mass is 10.1. The first-order valence-electron chi connectivity index (χ1n) is 5.24. The van der Waals surface area contributed by atoms with Crippen LogP contribution in [0.4, 0.5) is 0 Å². The van der Waals surface area contributed by atoms with Crippen LogP contribution < -0.4 is 5.32 Å². The first-order valence-corrected chi connectivity index (χ1v) is 5.24. The number of hydrogen-bond acceptors (Lipinski definition) is 3. The van der Waals surface area contributed by atoms with Gasteiger partial charge in [0.05, 0.1) is 18.5 Å². The van der Waals surface area contributed by atoms with E-state index in [2.05, 4.69) is 11.2 Å². The smallest absolute Gasteiger partial charge is 0.307 e. The molecule has 0 aliphatic carbocycles. The highest BCUT2D eigenvalue weighted by Gasteiger charge is 2.32. The van der Waals surface area contributed by atoms with Gasteiger partial charge >= 0.3 is 5.97 Å². The van der Waals surface area contributed by atoms with E-state index in [1.807, 2.05) is 4.90 Å². The molecule has 1 aliphatic heterocycles. The minimum Gasteiger partial charge on any atom is -0.481 e. The zero-order valence-electron chi connectivity index (χ0n) is 9.27. The predicted octanol–water partition coefficient (Wildman–Crippen LogP) is -0.469. The molecule has 0 aromatic heterocycles. The maximum Gasteiger partial charge on any atom is 0.307 e. The van der Waals surface area contributed by atoms with E-state index in [0.29, 0.717) is 19.5 Å². The number of terminal acetylenes is 1. The molecule has 5 heteroatoms. The predicted molar refractivity (Wildman–Crippen MR) is 58.6 cm³/mol. The number of aliphatic carboxylic acids is 1. The lowest BCUT2D eigenvalue weighted by Crippen LogP contribution is -2.44. The quantitative estimate of drug-likeness (QED) is 0.633. The third-order valence-corrected chi connectivity index (χ3v) is 2.86. The summed E-state index contributed by atoms with van der Waals surface area (Å²) in [5, 5.41) is 11.4. The molecule has 0 bridgehead atoms. The molecule has 88 valence electrons. The molecule has 5 nitrogen and oxygen atoms in total. The number of hydrogen-bond donors (Lipinski definition) is 2. The average Bonchev–Trinajstić information content (AvgIpc) is 2.74. The van der Waals surface area contributed by atoms with Gasteiger partial charge < -0.3 is 10.4 Å². The van der Waals surface area contributed by atoms with Gasteiger partial charge in [-0.3, -0.25) is 14.5 Å². The van der Waals surface area contributed by atoms with Crippen LogP contribution >= 0.6 is 0 Å². The van der Waals surface area contributed by atoms with Crippen molar-refractivity contribution in [2.24, 2.45) is 5.92 Å². The van der Waals surface area contributed by atoms with E-state index in [0.717, 1.165) is 0 Å². The van der Waals surface area contributed by atoms with Crippen molar-refractivity contribution in [2.75, 3.05) is 19.6 Å². The Morgan fingerprint density at radius 1 is 1.69 bits per heavy atom. The molecule has 1 aliphatic rings. The topological polar surface area (TPSA) is 69.6 Å². The lowest BCUT2D eigenvalue weighted by Gasteiger charge is -2.22. The second-order valence-electron chi connectivity index (χ2n) is 3.92. The van der Waals surface area contributed by atoms with Crippen LogP contribution in [0.5, 0.6) is 0 Å². The van der Waals surface area contributed by atoms with Crippen LogP contribution in [0.1, 0.15) is 13.3 Å². The van der Waals surface area contributed by atoms with Crippen LogP contribution in [0, 0.1) is 18.3 Å². The van der Waals surface area contributed by atoms with Gasteiger partial charge in [0.15, 0.2) is 0 Å². The summed E-state index contributed by atoms with van der Waals surface area (Å²) in [7, 11) is 0. The number of carbonyl (C=O) groups is 2. The zero-order valence-corrected chi connectivity index (χ0v) is 9.27. The van der Waals surface area contributed by atoms with Crippen molar-refractivity contribution in [3.8, 4) is 12.3 Å². The summed E-state index contributed by atoms with van der Waals surface area (Å²) in [6, 6.07) is -0.322. The minimum absolute atomic E-state index is 0.149. The Bertz CT molecular complexity index is 322. The Morgan fingerprint density at radius 2 is 2.38 bits per heavy atom. The highest BCUT2D eigenvalue weighted by atomic mass is 16.4. The van der Waals surface area contributed by atoms with E-state index in [9.17, 15) is 9.59 Å². The molecule has 2 N–H and O–H groups in total. The molecule has 0 aromatic carbocycles. The molecule has 2 atom stereocenters. The van der Waals surface area contributed by atoms with Gasteiger partial charge in [-0.25, -0.2) is 0 Å². The summed E-state index contributed by atoms with van der Waals surface area (Å²) < 4.78 is 0. The zero-order chi connectivity index (χ0) is 12.1. The van der Waals surface area contributed by atoms with Crippen LogP contribution in [0.2, 0.25) is 0 Å². The number of carbonyl (C=O) groups excluding carboxylic acids is 1. The standard InChI is InChI=1S/C11H16N2O3/c1-3-5-12-10(14)8(2)13-6-4-9(7-13)11(15)16/h1,8-9H,4-7H2,2H3,(H,12,14)(H,15,16). The second-order valence-corrected chi connectivity index (χ2v) is 3.92.